The van der Waals surface area contributed by atoms with Crippen molar-refractivity contribution in [1.82, 2.24) is 4.90 Å². The normalized spacial score (nSPS) is 26.3. The molecule has 1 saturated carbocycles. The average molecular weight is 427 g/mol. The number of carbonyl (C=O) groups is 1. The Labute approximate surface area is 181 Å². The number of piperidine rings is 1. The molecule has 0 spiro atoms. The highest BCUT2D eigenvalue weighted by molar-refractivity contribution is 5.74. The van der Waals surface area contributed by atoms with Crippen LogP contribution < -0.4 is 4.90 Å². The molecule has 164 valence electrons. The Morgan fingerprint density at radius 3 is 2.06 bits per heavy atom. The maximum Gasteiger partial charge on any atom is 0.410 e. The number of aryl methyl sites for hydroxylation is 2. The minimum Gasteiger partial charge on any atom is -0.444 e. The van der Waals surface area contributed by atoms with Gasteiger partial charge in [0.2, 0.25) is 0 Å². The first-order chi connectivity index (χ1) is 14.7. The number of nitrogens with zero attached hydrogens (tertiary/aromatic N) is 2. The molecule has 31 heavy (non-hydrogen) atoms. The summed E-state index contributed by atoms with van der Waals surface area (Å²) in [6.45, 7) is 5.64. The molecular formula is C25H28F2N2O2. The number of benzene rings is 2. The van der Waals surface area contributed by atoms with E-state index in [2.05, 4.69) is 17.0 Å². The highest BCUT2D eigenvalue weighted by Gasteiger charge is 2.74. The Morgan fingerprint density at radius 2 is 1.52 bits per heavy atom. The van der Waals surface area contributed by atoms with Gasteiger partial charge in [-0.25, -0.2) is 13.6 Å². The molecule has 6 heteroatoms. The molecule has 0 N–H and O–H groups in total. The summed E-state index contributed by atoms with van der Waals surface area (Å²) in [5, 5.41) is 0. The molecule has 2 aliphatic heterocycles. The van der Waals surface area contributed by atoms with Gasteiger partial charge in [0.1, 0.15) is 5.60 Å². The molecule has 2 heterocycles. The lowest BCUT2D eigenvalue weighted by Gasteiger charge is -2.40. The van der Waals surface area contributed by atoms with Crippen LogP contribution in [0.15, 0.2) is 48.5 Å². The largest absolute Gasteiger partial charge is 0.444 e. The Hall–Kier alpha value is -2.63. The van der Waals surface area contributed by atoms with Crippen LogP contribution in [0, 0.1) is 11.8 Å². The van der Waals surface area contributed by atoms with Crippen molar-refractivity contribution in [3.8, 4) is 0 Å². The van der Waals surface area contributed by atoms with Gasteiger partial charge < -0.3 is 14.5 Å². The van der Waals surface area contributed by atoms with E-state index in [-0.39, 0.29) is 13.1 Å². The number of fused-ring (bicyclic) bond motifs is 3. The van der Waals surface area contributed by atoms with E-state index in [1.807, 2.05) is 36.4 Å². The van der Waals surface area contributed by atoms with Crippen molar-refractivity contribution in [2.24, 2.45) is 11.8 Å². The number of hydrogen-bond acceptors (Lipinski definition) is 3. The SMILES string of the molecule is CC(C)(C)OC(=O)N1CC(N2c3ccccc3CCc3ccccc32)C2C(C1)C2(F)F. The third-order valence-corrected chi connectivity index (χ3v) is 6.65. The number of para-hydroxylation sites is 2. The number of rotatable bonds is 1. The van der Waals surface area contributed by atoms with Gasteiger partial charge in [0.15, 0.2) is 0 Å². The van der Waals surface area contributed by atoms with E-state index < -0.39 is 35.5 Å². The second kappa shape index (κ2) is 6.94. The molecule has 1 saturated heterocycles. The number of halogens is 2. The molecule has 0 bridgehead atoms. The minimum atomic E-state index is -2.78. The summed E-state index contributed by atoms with van der Waals surface area (Å²) >= 11 is 0. The molecule has 3 atom stereocenters. The maximum atomic E-state index is 14.9. The van der Waals surface area contributed by atoms with Crippen LogP contribution in [0.3, 0.4) is 0 Å². The minimum absolute atomic E-state index is 0.0419. The summed E-state index contributed by atoms with van der Waals surface area (Å²) in [4.78, 5) is 16.4. The van der Waals surface area contributed by atoms with Crippen LogP contribution in [0.2, 0.25) is 0 Å². The predicted molar refractivity (Wildman–Crippen MR) is 116 cm³/mol. The number of hydrogen-bond donors (Lipinski definition) is 0. The predicted octanol–water partition coefficient (Wildman–Crippen LogP) is 5.42. The number of alkyl halides is 2. The zero-order valence-electron chi connectivity index (χ0n) is 18.1. The van der Waals surface area contributed by atoms with Gasteiger partial charge in [0.25, 0.3) is 5.92 Å². The van der Waals surface area contributed by atoms with E-state index >= 15 is 0 Å². The van der Waals surface area contributed by atoms with Crippen LogP contribution in [0.25, 0.3) is 0 Å². The van der Waals surface area contributed by atoms with Crippen LogP contribution >= 0.6 is 0 Å². The average Bonchev–Trinajstić information content (AvgIpc) is 3.33. The molecule has 2 aromatic carbocycles. The molecule has 2 aromatic rings. The molecule has 0 radical (unpaired) electrons. The van der Waals surface area contributed by atoms with Gasteiger partial charge in [0.05, 0.1) is 17.9 Å². The molecule has 2 fully saturated rings. The van der Waals surface area contributed by atoms with E-state index in [9.17, 15) is 13.6 Å². The topological polar surface area (TPSA) is 32.8 Å². The van der Waals surface area contributed by atoms with Crippen LogP contribution in [0.1, 0.15) is 31.9 Å². The quantitative estimate of drug-likeness (QED) is 0.610. The van der Waals surface area contributed by atoms with Crippen LogP contribution in [0.4, 0.5) is 25.0 Å². The fourth-order valence-electron chi connectivity index (χ4n) is 5.22. The summed E-state index contributed by atoms with van der Waals surface area (Å²) in [6.07, 6.45) is 1.20. The van der Waals surface area contributed by atoms with Gasteiger partial charge in [0, 0.05) is 24.5 Å². The molecule has 1 aliphatic carbocycles. The summed E-state index contributed by atoms with van der Waals surface area (Å²) in [7, 11) is 0. The molecule has 3 aliphatic rings. The number of anilines is 2. The summed E-state index contributed by atoms with van der Waals surface area (Å²) in [5.74, 6) is -4.39. The van der Waals surface area contributed by atoms with Gasteiger partial charge in [-0.2, -0.15) is 0 Å². The third-order valence-electron chi connectivity index (χ3n) is 6.65. The lowest BCUT2D eigenvalue weighted by molar-refractivity contribution is 0.0186. The fourth-order valence-corrected chi connectivity index (χ4v) is 5.22. The molecular weight excluding hydrogens is 398 g/mol. The van der Waals surface area contributed by atoms with Crippen molar-refractivity contribution in [2.75, 3.05) is 18.0 Å². The monoisotopic (exact) mass is 426 g/mol. The molecule has 5 rings (SSSR count). The van der Waals surface area contributed by atoms with Crippen molar-refractivity contribution in [1.29, 1.82) is 0 Å². The molecule has 4 nitrogen and oxygen atoms in total. The Balaban J connectivity index is 1.57. The number of ether oxygens (including phenoxy) is 1. The lowest BCUT2D eigenvalue weighted by atomic mass is 10.0. The second-order valence-electron chi connectivity index (χ2n) is 9.89. The Morgan fingerprint density at radius 1 is 0.968 bits per heavy atom. The van der Waals surface area contributed by atoms with Crippen LogP contribution in [-0.4, -0.2) is 41.6 Å². The lowest BCUT2D eigenvalue weighted by Crippen LogP contribution is -2.51. The zero-order valence-corrected chi connectivity index (χ0v) is 18.1. The number of likely N-dealkylation sites (tertiary alicyclic amines) is 1. The summed E-state index contributed by atoms with van der Waals surface area (Å²) < 4.78 is 35.4. The van der Waals surface area contributed by atoms with Crippen molar-refractivity contribution in [2.45, 2.75) is 51.2 Å². The third kappa shape index (κ3) is 3.46. The highest BCUT2D eigenvalue weighted by Crippen LogP contribution is 2.61. The number of carbonyl (C=O) groups excluding carboxylic acids is 1. The first-order valence-electron chi connectivity index (χ1n) is 11.0. The van der Waals surface area contributed by atoms with Gasteiger partial charge in [-0.1, -0.05) is 36.4 Å². The fraction of sp³-hybridized carbons (Fsp3) is 0.480. The van der Waals surface area contributed by atoms with Crippen molar-refractivity contribution in [3.05, 3.63) is 59.7 Å². The molecule has 1 amide bonds. The van der Waals surface area contributed by atoms with E-state index in [0.29, 0.717) is 0 Å². The van der Waals surface area contributed by atoms with Crippen molar-refractivity contribution < 1.29 is 18.3 Å². The smallest absolute Gasteiger partial charge is 0.410 e. The van der Waals surface area contributed by atoms with Crippen LogP contribution in [-0.2, 0) is 17.6 Å². The summed E-state index contributed by atoms with van der Waals surface area (Å²) in [6, 6.07) is 15.6. The van der Waals surface area contributed by atoms with E-state index in [1.54, 1.807) is 20.8 Å². The first-order valence-corrected chi connectivity index (χ1v) is 11.0. The zero-order chi connectivity index (χ0) is 22.0. The molecule has 0 aromatic heterocycles. The Kier molecular flexibility index (Phi) is 4.54. The van der Waals surface area contributed by atoms with Crippen molar-refractivity contribution in [3.63, 3.8) is 0 Å². The highest BCUT2D eigenvalue weighted by atomic mass is 19.3. The van der Waals surface area contributed by atoms with Gasteiger partial charge in [-0.05, 0) is 56.9 Å². The molecule has 3 unspecified atom stereocenters. The van der Waals surface area contributed by atoms with Crippen molar-refractivity contribution >= 4 is 17.5 Å². The van der Waals surface area contributed by atoms with Crippen LogP contribution in [0.5, 0.6) is 0 Å². The Bertz CT molecular complexity index is 969. The summed E-state index contributed by atoms with van der Waals surface area (Å²) in [5.41, 5.74) is 3.55. The van der Waals surface area contributed by atoms with E-state index in [4.69, 9.17) is 4.74 Å². The first kappa shape index (κ1) is 20.3. The van der Waals surface area contributed by atoms with Gasteiger partial charge >= 0.3 is 6.09 Å². The standard InChI is InChI=1S/C25H28F2N2O2/c1-24(2,3)31-23(30)28-14-18-22(25(18,26)27)21(15-28)29-19-10-6-4-8-16(19)12-13-17-9-5-7-11-20(17)29/h4-11,18,21-22H,12-15H2,1-3H3. The van der Waals surface area contributed by atoms with E-state index in [0.717, 1.165) is 35.3 Å². The van der Waals surface area contributed by atoms with E-state index in [1.165, 1.54) is 4.90 Å². The maximum absolute atomic E-state index is 14.9. The number of amides is 1. The van der Waals surface area contributed by atoms with Gasteiger partial charge in [-0.15, -0.1) is 0 Å². The van der Waals surface area contributed by atoms with Gasteiger partial charge in [-0.3, -0.25) is 0 Å². The second-order valence-corrected chi connectivity index (χ2v) is 9.89.